The lowest BCUT2D eigenvalue weighted by Crippen LogP contribution is -2.20. The molecule has 0 saturated heterocycles. The average Bonchev–Trinajstić information content (AvgIpc) is 3.48. The molecule has 0 aliphatic carbocycles. The number of nitrogens with zero attached hydrogens (tertiary/aromatic N) is 6. The van der Waals surface area contributed by atoms with Crippen molar-refractivity contribution in [2.45, 2.75) is 41.5 Å². The average molecular weight is 433 g/mol. The van der Waals surface area contributed by atoms with Crippen molar-refractivity contribution in [3.8, 4) is 0 Å². The third-order valence-electron chi connectivity index (χ3n) is 3.27. The highest BCUT2D eigenvalue weighted by molar-refractivity contribution is 5.78. The second-order valence-electron chi connectivity index (χ2n) is 9.03. The molecular formula is C21H32N6O4. The first-order valence-corrected chi connectivity index (χ1v) is 9.69. The molecule has 3 heterocycles. The summed E-state index contributed by atoms with van der Waals surface area (Å²) in [5.74, 6) is 0. The minimum atomic E-state index is -0.382. The van der Waals surface area contributed by atoms with E-state index in [0.717, 1.165) is 0 Å². The van der Waals surface area contributed by atoms with Crippen molar-refractivity contribution in [2.24, 2.45) is 10.8 Å². The van der Waals surface area contributed by atoms with E-state index in [2.05, 4.69) is 15.0 Å². The van der Waals surface area contributed by atoms with Crippen LogP contribution in [0.3, 0.4) is 0 Å². The lowest BCUT2D eigenvalue weighted by molar-refractivity contribution is 0.107. The summed E-state index contributed by atoms with van der Waals surface area (Å²) in [5.41, 5.74) is 0.0935. The van der Waals surface area contributed by atoms with Crippen LogP contribution in [0.1, 0.15) is 41.5 Å². The van der Waals surface area contributed by atoms with Gasteiger partial charge in [-0.15, -0.1) is 0 Å². The van der Waals surface area contributed by atoms with Gasteiger partial charge in [0.1, 0.15) is 19.0 Å². The molecule has 10 heteroatoms. The van der Waals surface area contributed by atoms with Crippen molar-refractivity contribution in [1.29, 1.82) is 0 Å². The van der Waals surface area contributed by atoms with Crippen molar-refractivity contribution in [3.05, 3.63) is 56.2 Å². The summed E-state index contributed by atoms with van der Waals surface area (Å²) in [6.45, 7) is 12.7. The first kappa shape index (κ1) is 25.8. The fraction of sp³-hybridized carbons (Fsp3) is 0.476. The highest BCUT2D eigenvalue weighted by atomic mass is 16.5. The van der Waals surface area contributed by atoms with Gasteiger partial charge >= 0.3 is 12.1 Å². The number of hydrogen-bond acceptors (Lipinski definition) is 7. The molecule has 0 unspecified atom stereocenters. The monoisotopic (exact) mass is 432 g/mol. The second-order valence-corrected chi connectivity index (χ2v) is 9.03. The van der Waals surface area contributed by atoms with Gasteiger partial charge in [0.2, 0.25) is 0 Å². The molecule has 1 N–H and O–H groups in total. The van der Waals surface area contributed by atoms with Crippen LogP contribution in [0.25, 0.3) is 0 Å². The highest BCUT2D eigenvalue weighted by Crippen LogP contribution is 2.13. The summed E-state index contributed by atoms with van der Waals surface area (Å²) in [7, 11) is 0. The number of carbonyl (C=O) groups excluding carboxylic acids is 2. The lowest BCUT2D eigenvalue weighted by Gasteiger charge is -2.17. The van der Waals surface area contributed by atoms with Crippen LogP contribution in [-0.2, 0) is 4.74 Å². The summed E-state index contributed by atoms with van der Waals surface area (Å²) < 4.78 is 9.10. The molecule has 0 radical (unpaired) electrons. The highest BCUT2D eigenvalue weighted by Gasteiger charge is 2.14. The van der Waals surface area contributed by atoms with E-state index in [0.29, 0.717) is 6.61 Å². The van der Waals surface area contributed by atoms with Crippen molar-refractivity contribution in [2.75, 3.05) is 13.2 Å². The van der Waals surface area contributed by atoms with E-state index in [-0.39, 0.29) is 29.6 Å². The number of aliphatic hydroxyl groups excluding tert-OH is 1. The van der Waals surface area contributed by atoms with Crippen LogP contribution in [0, 0.1) is 10.8 Å². The van der Waals surface area contributed by atoms with Gasteiger partial charge in [-0.25, -0.2) is 29.1 Å². The van der Waals surface area contributed by atoms with E-state index in [4.69, 9.17) is 9.84 Å². The summed E-state index contributed by atoms with van der Waals surface area (Å²) in [6, 6.07) is -0.190. The molecule has 170 valence electrons. The molecule has 0 aliphatic rings. The fourth-order valence-electron chi connectivity index (χ4n) is 1.60. The number of carbonyl (C=O) groups is 2. The van der Waals surface area contributed by atoms with Gasteiger partial charge in [-0.05, 0) is 10.8 Å². The second kappa shape index (κ2) is 11.8. The Hall–Kier alpha value is -3.27. The topological polar surface area (TPSA) is 117 Å². The minimum absolute atomic E-state index is 0.00373. The smallest absolute Gasteiger partial charge is 0.419 e. The van der Waals surface area contributed by atoms with Crippen LogP contribution in [-0.4, -0.2) is 59.1 Å². The molecular weight excluding hydrogens is 400 g/mol. The van der Waals surface area contributed by atoms with Gasteiger partial charge in [-0.3, -0.25) is 9.13 Å². The quantitative estimate of drug-likeness (QED) is 0.625. The summed E-state index contributed by atoms with van der Waals surface area (Å²) >= 11 is 0. The van der Waals surface area contributed by atoms with E-state index in [9.17, 15) is 9.59 Å². The Bertz CT molecular complexity index is 837. The molecule has 0 saturated carbocycles. The zero-order chi connectivity index (χ0) is 23.5. The zero-order valence-corrected chi connectivity index (χ0v) is 19.0. The normalized spacial score (nSPS) is 10.9. The molecule has 0 fully saturated rings. The van der Waals surface area contributed by atoms with Crippen molar-refractivity contribution in [1.82, 2.24) is 28.7 Å². The van der Waals surface area contributed by atoms with Crippen LogP contribution in [0.5, 0.6) is 0 Å². The van der Waals surface area contributed by atoms with Crippen LogP contribution in [0.15, 0.2) is 56.2 Å². The Balaban J connectivity index is 0.000000249. The molecule has 0 amide bonds. The standard InChI is InChI=1S/C9H14N2O2.C7H6N4O.C5H12O/c1-9(2,3)6-13-8(12)11-5-4-10-7-11;12-7(10-3-1-8-5-10)11-4-2-9-6-11;1-5(2,3)4-6/h4-5,7H,6H2,1-3H3;1-6H;6H,4H2,1-3H3. The van der Waals surface area contributed by atoms with Crippen LogP contribution in [0.2, 0.25) is 0 Å². The maximum atomic E-state index is 11.4. The van der Waals surface area contributed by atoms with Crippen LogP contribution < -0.4 is 0 Å². The summed E-state index contributed by atoms with van der Waals surface area (Å²) in [4.78, 5) is 33.9. The molecule has 3 rings (SSSR count). The number of rotatable bonds is 1. The number of aliphatic hydroxyl groups is 1. The number of ether oxygens (including phenoxy) is 1. The number of imidazole rings is 3. The first-order valence-electron chi connectivity index (χ1n) is 9.69. The van der Waals surface area contributed by atoms with E-state index in [1.165, 1.54) is 32.7 Å². The Morgan fingerprint density at radius 1 is 0.774 bits per heavy atom. The van der Waals surface area contributed by atoms with Gasteiger partial charge < -0.3 is 9.84 Å². The maximum absolute atomic E-state index is 11.4. The van der Waals surface area contributed by atoms with Crippen LogP contribution in [0.4, 0.5) is 9.59 Å². The van der Waals surface area contributed by atoms with Gasteiger partial charge in [-0.1, -0.05) is 41.5 Å². The Morgan fingerprint density at radius 2 is 1.16 bits per heavy atom. The number of hydrogen-bond donors (Lipinski definition) is 1. The Labute approximate surface area is 182 Å². The molecule has 0 aromatic carbocycles. The molecule has 3 aromatic rings. The maximum Gasteiger partial charge on any atom is 0.419 e. The minimum Gasteiger partial charge on any atom is -0.448 e. The van der Waals surface area contributed by atoms with Gasteiger partial charge in [0.25, 0.3) is 0 Å². The first-order chi connectivity index (χ1) is 14.4. The Morgan fingerprint density at radius 3 is 1.45 bits per heavy atom. The SMILES string of the molecule is CC(C)(C)CO.CC(C)(C)COC(=O)n1ccnc1.O=C(n1ccnc1)n1ccnc1. The van der Waals surface area contributed by atoms with Crippen molar-refractivity contribution in [3.63, 3.8) is 0 Å². The van der Waals surface area contributed by atoms with Gasteiger partial charge in [-0.2, -0.15) is 0 Å². The van der Waals surface area contributed by atoms with E-state index >= 15 is 0 Å². The predicted octanol–water partition coefficient (Wildman–Crippen LogP) is 3.53. The van der Waals surface area contributed by atoms with Gasteiger partial charge in [0, 0.05) is 43.8 Å². The number of aromatic nitrogens is 6. The van der Waals surface area contributed by atoms with E-state index in [1.54, 1.807) is 37.2 Å². The molecule has 0 bridgehead atoms. The molecule has 0 spiro atoms. The predicted molar refractivity (Wildman–Crippen MR) is 116 cm³/mol. The van der Waals surface area contributed by atoms with E-state index in [1.807, 2.05) is 41.5 Å². The summed E-state index contributed by atoms with van der Waals surface area (Å²) in [6.07, 6.45) is 13.3. The molecule has 0 aliphatic heterocycles. The third-order valence-corrected chi connectivity index (χ3v) is 3.27. The third kappa shape index (κ3) is 10.9. The molecule has 3 aromatic heterocycles. The van der Waals surface area contributed by atoms with Gasteiger partial charge in [0.05, 0.1) is 6.61 Å². The zero-order valence-electron chi connectivity index (χ0n) is 19.0. The molecule has 31 heavy (non-hydrogen) atoms. The fourth-order valence-corrected chi connectivity index (χ4v) is 1.60. The van der Waals surface area contributed by atoms with Crippen molar-refractivity contribution >= 4 is 12.1 Å². The van der Waals surface area contributed by atoms with E-state index < -0.39 is 0 Å². The molecule has 10 nitrogen and oxygen atoms in total. The van der Waals surface area contributed by atoms with Crippen molar-refractivity contribution < 1.29 is 19.4 Å². The van der Waals surface area contributed by atoms with Gasteiger partial charge in [0.15, 0.2) is 0 Å². The van der Waals surface area contributed by atoms with Crippen LogP contribution >= 0.6 is 0 Å². The Kier molecular flexibility index (Phi) is 9.81. The molecule has 0 atom stereocenters. The lowest BCUT2D eigenvalue weighted by atomic mass is 9.99. The summed E-state index contributed by atoms with van der Waals surface area (Å²) in [5, 5.41) is 8.40. The largest absolute Gasteiger partial charge is 0.448 e.